The van der Waals surface area contributed by atoms with Crippen molar-refractivity contribution in [2.75, 3.05) is 20.6 Å². The fraction of sp³-hybridized carbons (Fsp3) is 0.261. The van der Waals surface area contributed by atoms with E-state index in [2.05, 4.69) is 15.3 Å². The minimum Gasteiger partial charge on any atom is -0.354 e. The second-order valence-electron chi connectivity index (χ2n) is 7.04. The van der Waals surface area contributed by atoms with Crippen LogP contribution in [-0.2, 0) is 11.2 Å². The number of likely N-dealkylation sites (N-methyl/N-ethyl adjacent to an activating group) is 1. The van der Waals surface area contributed by atoms with Crippen LogP contribution in [0.25, 0.3) is 11.3 Å². The maximum absolute atomic E-state index is 12.8. The Hall–Kier alpha value is -3.05. The molecule has 28 heavy (non-hydrogen) atoms. The van der Waals surface area contributed by atoms with Gasteiger partial charge in [-0.15, -0.1) is 0 Å². The van der Waals surface area contributed by atoms with Crippen LogP contribution in [0.15, 0.2) is 66.9 Å². The van der Waals surface area contributed by atoms with E-state index in [-0.39, 0.29) is 11.9 Å². The molecule has 0 fully saturated rings. The second kappa shape index (κ2) is 9.24. The van der Waals surface area contributed by atoms with Gasteiger partial charge in [-0.05, 0) is 32.6 Å². The van der Waals surface area contributed by atoms with Gasteiger partial charge in [0.15, 0.2) is 0 Å². The number of carbonyl (C=O) groups excluding carboxylic acids is 1. The standard InChI is InChI=1S/C23H26N4O/c1-17-9-11-19(12-10-17)22(27(2)3)23(28)25-16-14-21-24-15-13-20(26-21)18-7-5-4-6-8-18/h4-13,15,22H,14,16H2,1-3H3,(H,25,28). The van der Waals surface area contributed by atoms with Crippen molar-refractivity contribution in [3.63, 3.8) is 0 Å². The highest BCUT2D eigenvalue weighted by Crippen LogP contribution is 2.19. The highest BCUT2D eigenvalue weighted by atomic mass is 16.2. The van der Waals surface area contributed by atoms with Gasteiger partial charge in [0.1, 0.15) is 11.9 Å². The molecule has 0 saturated carbocycles. The van der Waals surface area contributed by atoms with Crippen molar-refractivity contribution in [2.24, 2.45) is 0 Å². The van der Waals surface area contributed by atoms with Crippen LogP contribution in [-0.4, -0.2) is 41.4 Å². The zero-order valence-electron chi connectivity index (χ0n) is 16.6. The van der Waals surface area contributed by atoms with Crippen molar-refractivity contribution in [3.8, 4) is 11.3 Å². The summed E-state index contributed by atoms with van der Waals surface area (Å²) < 4.78 is 0. The maximum atomic E-state index is 12.8. The molecule has 1 atom stereocenters. The third kappa shape index (κ3) is 5.02. The third-order valence-electron chi connectivity index (χ3n) is 4.58. The molecule has 1 unspecified atom stereocenters. The number of nitrogens with one attached hydrogen (secondary N) is 1. The van der Waals surface area contributed by atoms with Crippen LogP contribution >= 0.6 is 0 Å². The normalized spacial score (nSPS) is 12.0. The topological polar surface area (TPSA) is 58.1 Å². The Balaban J connectivity index is 1.62. The van der Waals surface area contributed by atoms with E-state index in [1.165, 1.54) is 5.56 Å². The minimum absolute atomic E-state index is 0.0203. The van der Waals surface area contributed by atoms with E-state index < -0.39 is 0 Å². The Morgan fingerprint density at radius 2 is 1.75 bits per heavy atom. The molecule has 3 rings (SSSR count). The second-order valence-corrected chi connectivity index (χ2v) is 7.04. The molecule has 0 aliphatic rings. The van der Waals surface area contributed by atoms with E-state index in [1.54, 1.807) is 6.20 Å². The van der Waals surface area contributed by atoms with Crippen LogP contribution in [0.5, 0.6) is 0 Å². The zero-order chi connectivity index (χ0) is 19.9. The summed E-state index contributed by atoms with van der Waals surface area (Å²) in [5.74, 6) is 0.700. The summed E-state index contributed by atoms with van der Waals surface area (Å²) in [5, 5.41) is 3.02. The molecule has 5 heteroatoms. The summed E-state index contributed by atoms with van der Waals surface area (Å²) in [6, 6.07) is 19.7. The summed E-state index contributed by atoms with van der Waals surface area (Å²) in [6.45, 7) is 2.53. The van der Waals surface area contributed by atoms with Crippen molar-refractivity contribution >= 4 is 5.91 Å². The highest BCUT2D eigenvalue weighted by molar-refractivity contribution is 5.83. The predicted molar refractivity (Wildman–Crippen MR) is 112 cm³/mol. The number of benzene rings is 2. The van der Waals surface area contributed by atoms with Gasteiger partial charge in [0, 0.05) is 24.7 Å². The van der Waals surface area contributed by atoms with Crippen molar-refractivity contribution in [1.29, 1.82) is 0 Å². The van der Waals surface area contributed by atoms with E-state index in [1.807, 2.05) is 86.6 Å². The average Bonchev–Trinajstić information content (AvgIpc) is 2.70. The zero-order valence-corrected chi connectivity index (χ0v) is 16.6. The van der Waals surface area contributed by atoms with Gasteiger partial charge in [-0.1, -0.05) is 60.2 Å². The molecule has 1 aromatic heterocycles. The molecule has 0 radical (unpaired) electrons. The van der Waals surface area contributed by atoms with Crippen LogP contribution in [0.2, 0.25) is 0 Å². The van der Waals surface area contributed by atoms with E-state index in [0.29, 0.717) is 13.0 Å². The summed E-state index contributed by atoms with van der Waals surface area (Å²) >= 11 is 0. The number of hydrogen-bond donors (Lipinski definition) is 1. The van der Waals surface area contributed by atoms with Crippen LogP contribution in [0.1, 0.15) is 23.0 Å². The first kappa shape index (κ1) is 19.7. The molecule has 5 nitrogen and oxygen atoms in total. The summed E-state index contributed by atoms with van der Waals surface area (Å²) in [6.07, 6.45) is 2.35. The lowest BCUT2D eigenvalue weighted by Crippen LogP contribution is -2.38. The Morgan fingerprint density at radius 3 is 2.43 bits per heavy atom. The van der Waals surface area contributed by atoms with Crippen LogP contribution in [0, 0.1) is 6.92 Å². The van der Waals surface area contributed by atoms with Crippen molar-refractivity contribution in [2.45, 2.75) is 19.4 Å². The molecule has 144 valence electrons. The minimum atomic E-state index is -0.322. The Kier molecular flexibility index (Phi) is 6.50. The molecule has 0 aliphatic heterocycles. The number of carbonyl (C=O) groups is 1. The first-order chi connectivity index (χ1) is 13.5. The monoisotopic (exact) mass is 374 g/mol. The smallest absolute Gasteiger partial charge is 0.241 e. The Bertz CT molecular complexity index is 907. The van der Waals surface area contributed by atoms with Gasteiger partial charge in [0.25, 0.3) is 0 Å². The number of aromatic nitrogens is 2. The van der Waals surface area contributed by atoms with Crippen molar-refractivity contribution < 1.29 is 4.79 Å². The quantitative estimate of drug-likeness (QED) is 0.688. The van der Waals surface area contributed by atoms with E-state index in [0.717, 1.165) is 22.6 Å². The van der Waals surface area contributed by atoms with Crippen LogP contribution in [0.3, 0.4) is 0 Å². The molecule has 0 bridgehead atoms. The fourth-order valence-electron chi connectivity index (χ4n) is 3.12. The van der Waals surface area contributed by atoms with Gasteiger partial charge in [-0.3, -0.25) is 9.69 Å². The van der Waals surface area contributed by atoms with Gasteiger partial charge in [-0.2, -0.15) is 0 Å². The summed E-state index contributed by atoms with van der Waals surface area (Å²) in [4.78, 5) is 23.6. The van der Waals surface area contributed by atoms with Gasteiger partial charge in [-0.25, -0.2) is 9.97 Å². The van der Waals surface area contributed by atoms with Gasteiger partial charge in [0.05, 0.1) is 5.69 Å². The Labute approximate surface area is 166 Å². The first-order valence-corrected chi connectivity index (χ1v) is 9.42. The molecular weight excluding hydrogens is 348 g/mol. The van der Waals surface area contributed by atoms with Crippen LogP contribution < -0.4 is 5.32 Å². The van der Waals surface area contributed by atoms with Crippen molar-refractivity contribution in [3.05, 3.63) is 83.8 Å². The van der Waals surface area contributed by atoms with E-state index >= 15 is 0 Å². The lowest BCUT2D eigenvalue weighted by Gasteiger charge is -2.24. The number of aryl methyl sites for hydroxylation is 1. The molecule has 1 heterocycles. The molecule has 1 N–H and O–H groups in total. The van der Waals surface area contributed by atoms with Gasteiger partial charge in [0.2, 0.25) is 5.91 Å². The maximum Gasteiger partial charge on any atom is 0.241 e. The molecule has 1 amide bonds. The summed E-state index contributed by atoms with van der Waals surface area (Å²) in [7, 11) is 3.83. The lowest BCUT2D eigenvalue weighted by atomic mass is 10.0. The molecule has 0 aliphatic carbocycles. The SMILES string of the molecule is Cc1ccc(C(C(=O)NCCc2nccc(-c3ccccc3)n2)N(C)C)cc1. The third-order valence-corrected chi connectivity index (χ3v) is 4.58. The van der Waals surface area contributed by atoms with Crippen molar-refractivity contribution in [1.82, 2.24) is 20.2 Å². The van der Waals surface area contributed by atoms with Gasteiger partial charge >= 0.3 is 0 Å². The molecule has 0 saturated heterocycles. The molecule has 3 aromatic rings. The van der Waals surface area contributed by atoms with Gasteiger partial charge < -0.3 is 5.32 Å². The first-order valence-electron chi connectivity index (χ1n) is 9.42. The number of hydrogen-bond acceptors (Lipinski definition) is 4. The molecule has 0 spiro atoms. The average molecular weight is 374 g/mol. The molecule has 2 aromatic carbocycles. The number of rotatable bonds is 7. The van der Waals surface area contributed by atoms with Crippen LogP contribution in [0.4, 0.5) is 0 Å². The van der Waals surface area contributed by atoms with E-state index in [9.17, 15) is 4.79 Å². The lowest BCUT2D eigenvalue weighted by molar-refractivity contribution is -0.125. The number of nitrogens with zero attached hydrogens (tertiary/aromatic N) is 3. The summed E-state index contributed by atoms with van der Waals surface area (Å²) in [5.41, 5.74) is 4.11. The predicted octanol–water partition coefficient (Wildman–Crippen LogP) is 3.41. The van der Waals surface area contributed by atoms with E-state index in [4.69, 9.17) is 0 Å². The largest absolute Gasteiger partial charge is 0.354 e. The highest BCUT2D eigenvalue weighted by Gasteiger charge is 2.22. The number of amides is 1. The molecular formula is C23H26N4O. The Morgan fingerprint density at radius 1 is 1.04 bits per heavy atom. The fourth-order valence-corrected chi connectivity index (χ4v) is 3.12.